The van der Waals surface area contributed by atoms with Gasteiger partial charge in [0, 0.05) is 22.5 Å². The van der Waals surface area contributed by atoms with Crippen molar-refractivity contribution in [2.75, 3.05) is 0 Å². The number of nitrogens with zero attached hydrogens (tertiary/aromatic N) is 4. The average Bonchev–Trinajstić information content (AvgIpc) is 3.19. The van der Waals surface area contributed by atoms with E-state index in [1.165, 1.54) is 11.3 Å². The molecule has 0 bridgehead atoms. The summed E-state index contributed by atoms with van der Waals surface area (Å²) in [7, 11) is 0. The van der Waals surface area contributed by atoms with Crippen LogP contribution in [0.1, 0.15) is 11.3 Å². The maximum Gasteiger partial charge on any atom is 0.113 e. The fourth-order valence-electron chi connectivity index (χ4n) is 3.08. The minimum Gasteiger partial charge on any atom is -0.251 e. The van der Waals surface area contributed by atoms with Crippen LogP contribution in [0.25, 0.3) is 27.6 Å². The van der Waals surface area contributed by atoms with Crippen molar-refractivity contribution in [3.63, 3.8) is 0 Å². The summed E-state index contributed by atoms with van der Waals surface area (Å²) in [6.45, 7) is 0. The first-order valence-electron chi connectivity index (χ1n) is 7.21. The molecule has 0 saturated heterocycles. The lowest BCUT2D eigenvalue weighted by Gasteiger charge is -2.12. The predicted octanol–water partition coefficient (Wildman–Crippen LogP) is 3.72. The number of hydrogen-bond acceptors (Lipinski definition) is 4. The molecule has 0 spiro atoms. The van der Waals surface area contributed by atoms with Gasteiger partial charge in [-0.15, -0.1) is 5.10 Å². The first-order chi connectivity index (χ1) is 10.9. The molecule has 4 nitrogen and oxygen atoms in total. The maximum atomic E-state index is 4.82. The van der Waals surface area contributed by atoms with Crippen molar-refractivity contribution in [2.45, 2.75) is 11.5 Å². The molecule has 0 saturated carbocycles. The van der Waals surface area contributed by atoms with E-state index in [2.05, 4.69) is 34.6 Å². The largest absolute Gasteiger partial charge is 0.251 e. The quantitative estimate of drug-likeness (QED) is 0.537. The first-order valence-corrected chi connectivity index (χ1v) is 8.36. The molecule has 5 rings (SSSR count). The molecule has 0 aliphatic carbocycles. The third kappa shape index (κ3) is 1.63. The van der Waals surface area contributed by atoms with Gasteiger partial charge in [0.05, 0.1) is 22.4 Å². The summed E-state index contributed by atoms with van der Waals surface area (Å²) in [5.74, 6) is 1.95. The Labute approximate surface area is 131 Å². The van der Waals surface area contributed by atoms with Gasteiger partial charge in [0.1, 0.15) is 5.52 Å². The second-order valence-corrected chi connectivity index (χ2v) is 6.37. The van der Waals surface area contributed by atoms with Crippen LogP contribution in [0.5, 0.6) is 0 Å². The van der Waals surface area contributed by atoms with E-state index in [4.69, 9.17) is 4.98 Å². The molecule has 22 heavy (non-hydrogen) atoms. The summed E-state index contributed by atoms with van der Waals surface area (Å²) in [5.41, 5.74) is 6.59. The van der Waals surface area contributed by atoms with Crippen LogP contribution in [0.15, 0.2) is 48.5 Å². The van der Waals surface area contributed by atoms with Gasteiger partial charge in [0.15, 0.2) is 0 Å². The van der Waals surface area contributed by atoms with Crippen molar-refractivity contribution >= 4 is 33.7 Å². The first kappa shape index (κ1) is 12.2. The Bertz CT molecular complexity index is 1020. The highest BCUT2D eigenvalue weighted by Crippen LogP contribution is 2.37. The Hall–Kier alpha value is -2.40. The van der Waals surface area contributed by atoms with Gasteiger partial charge in [0.2, 0.25) is 0 Å². The van der Waals surface area contributed by atoms with Crippen molar-refractivity contribution in [2.24, 2.45) is 0 Å². The minimum absolute atomic E-state index is 0.919. The predicted molar refractivity (Wildman–Crippen MR) is 89.2 cm³/mol. The highest BCUT2D eigenvalue weighted by Gasteiger charge is 2.22. The summed E-state index contributed by atoms with van der Waals surface area (Å²) in [5, 5.41) is 9.87. The molecule has 5 heteroatoms. The molecular weight excluding hydrogens is 292 g/mol. The van der Waals surface area contributed by atoms with E-state index in [0.717, 1.165) is 39.1 Å². The molecule has 0 fully saturated rings. The standard InChI is InChI=1S/C17H12N4S/c1-2-6-13-11(5-1)17(12-9-22-10-15(12)18-13)21-16-8-4-3-7-14(16)19-20-21/h1-8H,9-10H2. The zero-order chi connectivity index (χ0) is 14.5. The fraction of sp³-hybridized carbons (Fsp3) is 0.118. The van der Waals surface area contributed by atoms with E-state index in [-0.39, 0.29) is 0 Å². The number of fused-ring (bicyclic) bond motifs is 3. The third-order valence-electron chi connectivity index (χ3n) is 4.10. The number of pyridine rings is 1. The monoisotopic (exact) mass is 304 g/mol. The third-order valence-corrected chi connectivity index (χ3v) is 5.07. The van der Waals surface area contributed by atoms with Crippen LogP contribution in [0.2, 0.25) is 0 Å². The van der Waals surface area contributed by atoms with Crippen molar-refractivity contribution in [1.29, 1.82) is 0 Å². The Balaban J connectivity index is 1.95. The minimum atomic E-state index is 0.919. The number of aromatic nitrogens is 4. The molecule has 3 heterocycles. The topological polar surface area (TPSA) is 43.6 Å². The van der Waals surface area contributed by atoms with E-state index < -0.39 is 0 Å². The highest BCUT2D eigenvalue weighted by molar-refractivity contribution is 7.98. The van der Waals surface area contributed by atoms with Gasteiger partial charge in [-0.25, -0.2) is 4.68 Å². The molecule has 0 unspecified atom stereocenters. The molecule has 2 aromatic heterocycles. The fourth-order valence-corrected chi connectivity index (χ4v) is 4.12. The van der Waals surface area contributed by atoms with Crippen LogP contribution >= 0.6 is 11.8 Å². The van der Waals surface area contributed by atoms with Crippen molar-refractivity contribution in [3.05, 3.63) is 59.8 Å². The van der Waals surface area contributed by atoms with Crippen LogP contribution in [0.4, 0.5) is 0 Å². The number of para-hydroxylation sites is 2. The number of rotatable bonds is 1. The Morgan fingerprint density at radius 3 is 2.68 bits per heavy atom. The number of hydrogen-bond donors (Lipinski definition) is 0. The highest BCUT2D eigenvalue weighted by atomic mass is 32.2. The van der Waals surface area contributed by atoms with E-state index in [9.17, 15) is 0 Å². The maximum absolute atomic E-state index is 4.82. The second kappa shape index (κ2) is 4.55. The Kier molecular flexibility index (Phi) is 2.52. The zero-order valence-electron chi connectivity index (χ0n) is 11.7. The van der Waals surface area contributed by atoms with Crippen LogP contribution in [-0.2, 0) is 11.5 Å². The van der Waals surface area contributed by atoms with Crippen LogP contribution in [0, 0.1) is 0 Å². The molecule has 0 amide bonds. The lowest BCUT2D eigenvalue weighted by molar-refractivity contribution is 0.821. The molecule has 1 aliphatic heterocycles. The molecule has 2 aromatic carbocycles. The summed E-state index contributed by atoms with van der Waals surface area (Å²) in [6.07, 6.45) is 0. The van der Waals surface area contributed by atoms with E-state index in [0.29, 0.717) is 0 Å². The van der Waals surface area contributed by atoms with Crippen LogP contribution < -0.4 is 0 Å². The van der Waals surface area contributed by atoms with E-state index in [1.807, 2.05) is 40.7 Å². The van der Waals surface area contributed by atoms with Gasteiger partial charge < -0.3 is 0 Å². The zero-order valence-corrected chi connectivity index (χ0v) is 12.5. The molecular formula is C17H12N4S. The van der Waals surface area contributed by atoms with Crippen LogP contribution in [-0.4, -0.2) is 20.0 Å². The lowest BCUT2D eigenvalue weighted by atomic mass is 10.1. The molecule has 0 atom stereocenters. The average molecular weight is 304 g/mol. The second-order valence-electron chi connectivity index (χ2n) is 5.39. The normalized spacial score (nSPS) is 13.8. The van der Waals surface area contributed by atoms with Gasteiger partial charge in [-0.05, 0) is 18.2 Å². The number of thioether (sulfide) groups is 1. The Morgan fingerprint density at radius 2 is 1.73 bits per heavy atom. The summed E-state index contributed by atoms with van der Waals surface area (Å²) in [4.78, 5) is 4.82. The van der Waals surface area contributed by atoms with Crippen molar-refractivity contribution < 1.29 is 0 Å². The van der Waals surface area contributed by atoms with Gasteiger partial charge in [-0.2, -0.15) is 11.8 Å². The van der Waals surface area contributed by atoms with Gasteiger partial charge in [0.25, 0.3) is 0 Å². The van der Waals surface area contributed by atoms with Crippen LogP contribution in [0.3, 0.4) is 0 Å². The Morgan fingerprint density at radius 1 is 0.909 bits per heavy atom. The van der Waals surface area contributed by atoms with E-state index in [1.54, 1.807) is 0 Å². The molecule has 106 valence electrons. The summed E-state index contributed by atoms with van der Waals surface area (Å²) >= 11 is 1.91. The lowest BCUT2D eigenvalue weighted by Crippen LogP contribution is -2.04. The number of benzene rings is 2. The van der Waals surface area contributed by atoms with E-state index >= 15 is 0 Å². The summed E-state index contributed by atoms with van der Waals surface area (Å²) in [6, 6.07) is 16.4. The summed E-state index contributed by atoms with van der Waals surface area (Å²) < 4.78 is 1.98. The molecule has 0 radical (unpaired) electrons. The molecule has 4 aromatic rings. The SMILES string of the molecule is c1ccc2c(-n3nnc4ccccc43)c3c(nc2c1)CSC3. The van der Waals surface area contributed by atoms with Gasteiger partial charge in [-0.1, -0.05) is 35.5 Å². The molecule has 0 N–H and O–H groups in total. The molecule has 1 aliphatic rings. The van der Waals surface area contributed by atoms with Crippen molar-refractivity contribution in [3.8, 4) is 5.69 Å². The smallest absolute Gasteiger partial charge is 0.113 e. The van der Waals surface area contributed by atoms with Crippen molar-refractivity contribution in [1.82, 2.24) is 20.0 Å². The van der Waals surface area contributed by atoms with Gasteiger partial charge in [-0.3, -0.25) is 4.98 Å². The van der Waals surface area contributed by atoms with Gasteiger partial charge >= 0.3 is 0 Å².